The third kappa shape index (κ3) is 6.42. The third-order valence-corrected chi connectivity index (χ3v) is 6.34. The maximum atomic E-state index is 12.9. The van der Waals surface area contributed by atoms with E-state index in [0.29, 0.717) is 38.5 Å². The number of nitrogens with one attached hydrogen (secondary N) is 1. The van der Waals surface area contributed by atoms with Crippen LogP contribution in [0.5, 0.6) is 0 Å². The lowest BCUT2D eigenvalue weighted by molar-refractivity contribution is -0.145. The van der Waals surface area contributed by atoms with Crippen molar-refractivity contribution >= 4 is 17.8 Å². The van der Waals surface area contributed by atoms with Gasteiger partial charge in [0.25, 0.3) is 0 Å². The Bertz CT molecular complexity index is 925. The van der Waals surface area contributed by atoms with Gasteiger partial charge in [-0.05, 0) is 48.8 Å². The molecule has 0 spiro atoms. The molecule has 6 heteroatoms. The summed E-state index contributed by atoms with van der Waals surface area (Å²) in [6.45, 7) is 1.64. The zero-order valence-corrected chi connectivity index (χ0v) is 18.4. The molecule has 1 aliphatic carbocycles. The van der Waals surface area contributed by atoms with Crippen molar-refractivity contribution in [1.29, 1.82) is 0 Å². The van der Waals surface area contributed by atoms with Crippen LogP contribution in [0.1, 0.15) is 44.6 Å². The van der Waals surface area contributed by atoms with Crippen LogP contribution < -0.4 is 5.32 Å². The van der Waals surface area contributed by atoms with Crippen LogP contribution in [0, 0.1) is 17.8 Å². The Hall–Kier alpha value is -3.15. The predicted molar refractivity (Wildman–Crippen MR) is 122 cm³/mol. The summed E-state index contributed by atoms with van der Waals surface area (Å²) in [6, 6.07) is 17.8. The first-order chi connectivity index (χ1) is 15.3. The number of hydrogen-bond donors (Lipinski definition) is 3. The molecule has 0 aliphatic heterocycles. The van der Waals surface area contributed by atoms with E-state index in [1.165, 1.54) is 0 Å². The molecule has 32 heavy (non-hydrogen) atoms. The van der Waals surface area contributed by atoms with E-state index in [2.05, 4.69) is 5.32 Å². The smallest absolute Gasteiger partial charge is 0.306 e. The zero-order valence-electron chi connectivity index (χ0n) is 18.4. The van der Waals surface area contributed by atoms with Crippen molar-refractivity contribution in [3.05, 3.63) is 60.2 Å². The summed E-state index contributed by atoms with van der Waals surface area (Å²) in [5, 5.41) is 21.7. The Kier molecular flexibility index (Phi) is 8.03. The van der Waals surface area contributed by atoms with Gasteiger partial charge in [0.2, 0.25) is 5.91 Å². The predicted octanol–water partition coefficient (Wildman–Crippen LogP) is 4.38. The van der Waals surface area contributed by atoms with E-state index >= 15 is 0 Å². The number of benzene rings is 2. The number of carboxylic acids is 2. The van der Waals surface area contributed by atoms with Crippen molar-refractivity contribution in [3.63, 3.8) is 0 Å². The summed E-state index contributed by atoms with van der Waals surface area (Å²) in [5.74, 6) is -3.33. The zero-order chi connectivity index (χ0) is 23.1. The first kappa shape index (κ1) is 23.5. The second-order valence-electron chi connectivity index (χ2n) is 8.85. The fraction of sp³-hybridized carbons (Fsp3) is 0.423. The van der Waals surface area contributed by atoms with Crippen LogP contribution in [0.2, 0.25) is 0 Å². The van der Waals surface area contributed by atoms with E-state index in [0.717, 1.165) is 16.7 Å². The standard InChI is InChI=1S/C26H31NO5/c1-17(25(29)30)14-23(27-24(28)21-8-5-9-22(16-21)26(31)32)15-18-10-12-20(13-11-18)19-6-3-2-4-7-19/h2-4,6-7,10-13,17,21-23H,5,8-9,14-16H2,1H3,(H,27,28)(H,29,30)(H,31,32)/t17?,21-,22+,23?/m1/s1. The highest BCUT2D eigenvalue weighted by molar-refractivity contribution is 5.80. The van der Waals surface area contributed by atoms with E-state index in [1.807, 2.05) is 54.6 Å². The quantitative estimate of drug-likeness (QED) is 0.540. The summed E-state index contributed by atoms with van der Waals surface area (Å²) in [4.78, 5) is 35.7. The van der Waals surface area contributed by atoms with Crippen LogP contribution >= 0.6 is 0 Å². The SMILES string of the molecule is CC(CC(Cc1ccc(-c2ccccc2)cc1)NC(=O)[C@@H]1CCC[C@H](C(=O)O)C1)C(=O)O. The average molecular weight is 438 g/mol. The molecule has 170 valence electrons. The van der Waals surface area contributed by atoms with E-state index in [-0.39, 0.29) is 17.9 Å². The Morgan fingerprint density at radius 3 is 2.19 bits per heavy atom. The first-order valence-corrected chi connectivity index (χ1v) is 11.2. The molecule has 3 N–H and O–H groups in total. The Balaban J connectivity index is 1.69. The summed E-state index contributed by atoms with van der Waals surface area (Å²) in [7, 11) is 0. The fourth-order valence-electron chi connectivity index (χ4n) is 4.44. The van der Waals surface area contributed by atoms with Crippen LogP contribution in [0.3, 0.4) is 0 Å². The molecular formula is C26H31NO5. The molecule has 1 aliphatic rings. The van der Waals surface area contributed by atoms with Crippen molar-refractivity contribution in [1.82, 2.24) is 5.32 Å². The van der Waals surface area contributed by atoms with Gasteiger partial charge in [-0.3, -0.25) is 14.4 Å². The van der Waals surface area contributed by atoms with Crippen LogP contribution in [0.15, 0.2) is 54.6 Å². The van der Waals surface area contributed by atoms with Crippen molar-refractivity contribution in [3.8, 4) is 11.1 Å². The molecule has 6 nitrogen and oxygen atoms in total. The molecule has 2 aromatic carbocycles. The van der Waals surface area contributed by atoms with Crippen LogP contribution in [-0.2, 0) is 20.8 Å². The van der Waals surface area contributed by atoms with E-state index in [4.69, 9.17) is 0 Å². The number of hydrogen-bond acceptors (Lipinski definition) is 3. The van der Waals surface area contributed by atoms with Crippen LogP contribution in [0.25, 0.3) is 11.1 Å². The van der Waals surface area contributed by atoms with Gasteiger partial charge in [-0.1, -0.05) is 67.9 Å². The summed E-state index contributed by atoms with van der Waals surface area (Å²) in [6.07, 6.45) is 3.17. The van der Waals surface area contributed by atoms with Crippen molar-refractivity contribution < 1.29 is 24.6 Å². The minimum Gasteiger partial charge on any atom is -0.481 e. The second-order valence-corrected chi connectivity index (χ2v) is 8.85. The van der Waals surface area contributed by atoms with Gasteiger partial charge >= 0.3 is 11.9 Å². The molecule has 0 radical (unpaired) electrons. The molecule has 3 rings (SSSR count). The normalized spacial score (nSPS) is 20.2. The van der Waals surface area contributed by atoms with Gasteiger partial charge in [0, 0.05) is 12.0 Å². The molecule has 1 saturated carbocycles. The van der Waals surface area contributed by atoms with Crippen molar-refractivity contribution in [2.24, 2.45) is 17.8 Å². The molecule has 2 aromatic rings. The lowest BCUT2D eigenvalue weighted by atomic mass is 9.80. The number of carboxylic acid groups (broad SMARTS) is 2. The Morgan fingerprint density at radius 2 is 1.56 bits per heavy atom. The minimum atomic E-state index is -0.896. The summed E-state index contributed by atoms with van der Waals surface area (Å²) in [5.41, 5.74) is 3.23. The molecule has 2 unspecified atom stereocenters. The molecule has 0 aromatic heterocycles. The molecule has 1 fully saturated rings. The van der Waals surface area contributed by atoms with Crippen molar-refractivity contribution in [2.75, 3.05) is 0 Å². The summed E-state index contributed by atoms with van der Waals surface area (Å²) >= 11 is 0. The van der Waals surface area contributed by atoms with E-state index in [9.17, 15) is 24.6 Å². The molecule has 0 saturated heterocycles. The summed E-state index contributed by atoms with van der Waals surface area (Å²) < 4.78 is 0. The fourth-order valence-corrected chi connectivity index (χ4v) is 4.44. The minimum absolute atomic E-state index is 0.167. The number of aliphatic carboxylic acids is 2. The lowest BCUT2D eigenvalue weighted by Crippen LogP contribution is -2.43. The second kappa shape index (κ2) is 10.9. The first-order valence-electron chi connectivity index (χ1n) is 11.2. The topological polar surface area (TPSA) is 104 Å². The van der Waals surface area contributed by atoms with E-state index in [1.54, 1.807) is 6.92 Å². The van der Waals surface area contributed by atoms with Gasteiger partial charge in [-0.25, -0.2) is 0 Å². The number of amides is 1. The van der Waals surface area contributed by atoms with Gasteiger partial charge < -0.3 is 15.5 Å². The third-order valence-electron chi connectivity index (χ3n) is 6.34. The highest BCUT2D eigenvalue weighted by Crippen LogP contribution is 2.30. The van der Waals surface area contributed by atoms with Gasteiger partial charge in [-0.15, -0.1) is 0 Å². The van der Waals surface area contributed by atoms with Gasteiger partial charge in [-0.2, -0.15) is 0 Å². The van der Waals surface area contributed by atoms with Gasteiger partial charge in [0.05, 0.1) is 11.8 Å². The number of carbonyl (C=O) groups excluding carboxylic acids is 1. The Morgan fingerprint density at radius 1 is 0.938 bits per heavy atom. The molecule has 4 atom stereocenters. The number of carbonyl (C=O) groups is 3. The maximum Gasteiger partial charge on any atom is 0.306 e. The molecule has 1 amide bonds. The highest BCUT2D eigenvalue weighted by atomic mass is 16.4. The van der Waals surface area contributed by atoms with E-state index < -0.39 is 23.8 Å². The molecule has 0 heterocycles. The largest absolute Gasteiger partial charge is 0.481 e. The van der Waals surface area contributed by atoms with Crippen LogP contribution in [-0.4, -0.2) is 34.1 Å². The lowest BCUT2D eigenvalue weighted by Gasteiger charge is -2.28. The molecular weight excluding hydrogens is 406 g/mol. The Labute approximate surface area is 188 Å². The number of rotatable bonds is 9. The van der Waals surface area contributed by atoms with Crippen molar-refractivity contribution in [2.45, 2.75) is 51.5 Å². The molecule has 0 bridgehead atoms. The highest BCUT2D eigenvalue weighted by Gasteiger charge is 2.32. The average Bonchev–Trinajstić information content (AvgIpc) is 2.80. The van der Waals surface area contributed by atoms with Crippen LogP contribution in [0.4, 0.5) is 0 Å². The van der Waals surface area contributed by atoms with Gasteiger partial charge in [0.15, 0.2) is 0 Å². The van der Waals surface area contributed by atoms with Gasteiger partial charge in [0.1, 0.15) is 0 Å². The maximum absolute atomic E-state index is 12.9. The monoisotopic (exact) mass is 437 g/mol.